The Morgan fingerprint density at radius 1 is 0.952 bits per heavy atom. The highest BCUT2D eigenvalue weighted by molar-refractivity contribution is 7.19. The molecule has 0 saturated heterocycles. The molecule has 0 radical (unpaired) electrons. The summed E-state index contributed by atoms with van der Waals surface area (Å²) in [5, 5.41) is 5.02. The van der Waals surface area contributed by atoms with Crippen molar-refractivity contribution in [1.82, 2.24) is 0 Å². The van der Waals surface area contributed by atoms with Crippen molar-refractivity contribution < 1.29 is 0 Å². The van der Waals surface area contributed by atoms with Crippen molar-refractivity contribution in [3.63, 3.8) is 0 Å². The van der Waals surface area contributed by atoms with Gasteiger partial charge in [-0.2, -0.15) is 0 Å². The molecule has 1 nitrogen and oxygen atoms in total. The summed E-state index contributed by atoms with van der Waals surface area (Å²) in [7, 11) is 0. The zero-order valence-corrected chi connectivity index (χ0v) is 13.8. The lowest BCUT2D eigenvalue weighted by molar-refractivity contribution is 0.900. The molecule has 108 valence electrons. The smallest absolute Gasteiger partial charge is 0.0581 e. The Bertz CT molecular complexity index is 785. The highest BCUT2D eigenvalue weighted by Crippen LogP contribution is 2.35. The quantitative estimate of drug-likeness (QED) is 0.625. The Balaban J connectivity index is 1.91. The van der Waals surface area contributed by atoms with Crippen LogP contribution in [0.25, 0.3) is 10.1 Å². The van der Waals surface area contributed by atoms with Crippen molar-refractivity contribution in [2.45, 2.75) is 33.7 Å². The number of nitrogens with one attached hydrogen (secondary N) is 1. The molecule has 0 saturated carbocycles. The van der Waals surface area contributed by atoms with Crippen molar-refractivity contribution in [1.29, 1.82) is 0 Å². The first-order chi connectivity index (χ1) is 10.1. The van der Waals surface area contributed by atoms with Crippen LogP contribution in [-0.4, -0.2) is 0 Å². The highest BCUT2D eigenvalue weighted by Gasteiger charge is 2.14. The number of hydrogen-bond acceptors (Lipinski definition) is 2. The molecule has 21 heavy (non-hydrogen) atoms. The Morgan fingerprint density at radius 3 is 2.43 bits per heavy atom. The normalized spacial score (nSPS) is 12.6. The Morgan fingerprint density at radius 2 is 1.71 bits per heavy atom. The van der Waals surface area contributed by atoms with Crippen LogP contribution >= 0.6 is 11.3 Å². The lowest BCUT2D eigenvalue weighted by Crippen LogP contribution is -2.06. The van der Waals surface area contributed by atoms with Crippen molar-refractivity contribution in [3.05, 3.63) is 64.0 Å². The third-order valence-electron chi connectivity index (χ3n) is 4.16. The molecule has 0 amide bonds. The molecule has 1 aromatic heterocycles. The Hall–Kier alpha value is -1.80. The van der Waals surface area contributed by atoms with Crippen LogP contribution in [0.1, 0.15) is 34.5 Å². The van der Waals surface area contributed by atoms with Crippen LogP contribution in [0.15, 0.2) is 42.5 Å². The number of anilines is 1. The molecule has 3 aromatic rings. The van der Waals surface area contributed by atoms with Crippen LogP contribution in [0, 0.1) is 20.8 Å². The molecule has 0 bridgehead atoms. The summed E-state index contributed by atoms with van der Waals surface area (Å²) in [6.45, 7) is 8.79. The molecule has 0 spiro atoms. The lowest BCUT2D eigenvalue weighted by atomic mass is 10.1. The van der Waals surface area contributed by atoms with E-state index in [2.05, 4.69) is 75.5 Å². The van der Waals surface area contributed by atoms with Crippen LogP contribution in [0.3, 0.4) is 0 Å². The summed E-state index contributed by atoms with van der Waals surface area (Å²) >= 11 is 1.90. The maximum Gasteiger partial charge on any atom is 0.0581 e. The minimum Gasteiger partial charge on any atom is -0.378 e. The largest absolute Gasteiger partial charge is 0.378 e. The van der Waals surface area contributed by atoms with Crippen LogP contribution in [0.2, 0.25) is 0 Å². The van der Waals surface area contributed by atoms with Gasteiger partial charge in [-0.3, -0.25) is 0 Å². The van der Waals surface area contributed by atoms with Gasteiger partial charge in [0.15, 0.2) is 0 Å². The van der Waals surface area contributed by atoms with E-state index in [4.69, 9.17) is 0 Å². The molecule has 2 aromatic carbocycles. The summed E-state index contributed by atoms with van der Waals surface area (Å²) < 4.78 is 1.37. The average molecular weight is 295 g/mol. The van der Waals surface area contributed by atoms with E-state index in [1.807, 2.05) is 11.3 Å². The molecule has 3 rings (SSSR count). The van der Waals surface area contributed by atoms with E-state index in [1.165, 1.54) is 37.3 Å². The minimum absolute atomic E-state index is 0.324. The lowest BCUT2D eigenvalue weighted by Gasteiger charge is -2.16. The zero-order chi connectivity index (χ0) is 15.0. The summed E-state index contributed by atoms with van der Waals surface area (Å²) in [5.41, 5.74) is 5.27. The second-order valence-electron chi connectivity index (χ2n) is 5.75. The number of aryl methyl sites for hydroxylation is 3. The van der Waals surface area contributed by atoms with Gasteiger partial charge in [0, 0.05) is 15.3 Å². The summed E-state index contributed by atoms with van der Waals surface area (Å²) in [4.78, 5) is 1.43. The van der Waals surface area contributed by atoms with Gasteiger partial charge >= 0.3 is 0 Å². The van der Waals surface area contributed by atoms with E-state index in [0.717, 1.165) is 0 Å². The van der Waals surface area contributed by atoms with Crippen molar-refractivity contribution >= 4 is 27.1 Å². The van der Waals surface area contributed by atoms with Gasteiger partial charge in [0.05, 0.1) is 6.04 Å². The average Bonchev–Trinajstić information content (AvgIpc) is 2.81. The van der Waals surface area contributed by atoms with E-state index in [9.17, 15) is 0 Å². The van der Waals surface area contributed by atoms with Gasteiger partial charge in [0.2, 0.25) is 0 Å². The molecule has 0 aliphatic heterocycles. The van der Waals surface area contributed by atoms with Crippen molar-refractivity contribution in [3.8, 4) is 0 Å². The first kappa shape index (κ1) is 14.2. The van der Waals surface area contributed by atoms with E-state index in [0.29, 0.717) is 6.04 Å². The third kappa shape index (κ3) is 2.68. The zero-order valence-electron chi connectivity index (χ0n) is 13.0. The fourth-order valence-electron chi connectivity index (χ4n) is 2.75. The topological polar surface area (TPSA) is 12.0 Å². The first-order valence-electron chi connectivity index (χ1n) is 7.38. The van der Waals surface area contributed by atoms with E-state index in [-0.39, 0.29) is 0 Å². The maximum absolute atomic E-state index is 3.64. The number of fused-ring (bicyclic) bond motifs is 1. The van der Waals surface area contributed by atoms with Gasteiger partial charge in [-0.1, -0.05) is 24.3 Å². The standard InChI is InChI=1S/C19H21NS/c1-12-9-10-16(11-13(12)2)20-15(4)19-14(3)17-7-5-6-8-18(17)21-19/h5-11,15,20H,1-4H3. The molecule has 2 heteroatoms. The SMILES string of the molecule is Cc1ccc(NC(C)c2sc3ccccc3c2C)cc1C. The number of hydrogen-bond donors (Lipinski definition) is 1. The highest BCUT2D eigenvalue weighted by atomic mass is 32.1. The molecule has 0 aliphatic rings. The Labute approximate surface area is 130 Å². The second kappa shape index (κ2) is 5.53. The molecule has 1 N–H and O–H groups in total. The molecule has 1 heterocycles. The fourth-order valence-corrected chi connectivity index (χ4v) is 3.97. The number of rotatable bonds is 3. The van der Waals surface area contributed by atoms with Crippen LogP contribution in [0.5, 0.6) is 0 Å². The van der Waals surface area contributed by atoms with Crippen molar-refractivity contribution in [2.75, 3.05) is 5.32 Å². The van der Waals surface area contributed by atoms with Gasteiger partial charge in [0.25, 0.3) is 0 Å². The maximum atomic E-state index is 3.64. The molecule has 0 aliphatic carbocycles. The first-order valence-corrected chi connectivity index (χ1v) is 8.19. The molecular formula is C19H21NS. The van der Waals surface area contributed by atoms with E-state index >= 15 is 0 Å². The van der Waals surface area contributed by atoms with Crippen molar-refractivity contribution in [2.24, 2.45) is 0 Å². The van der Waals surface area contributed by atoms with Crippen LogP contribution in [-0.2, 0) is 0 Å². The molecule has 1 atom stereocenters. The van der Waals surface area contributed by atoms with Crippen LogP contribution in [0.4, 0.5) is 5.69 Å². The van der Waals surface area contributed by atoms with E-state index < -0.39 is 0 Å². The van der Waals surface area contributed by atoms with Gasteiger partial charge < -0.3 is 5.32 Å². The third-order valence-corrected chi connectivity index (χ3v) is 5.62. The van der Waals surface area contributed by atoms with Gasteiger partial charge in [-0.05, 0) is 68.0 Å². The Kier molecular flexibility index (Phi) is 3.73. The predicted molar refractivity (Wildman–Crippen MR) is 94.5 cm³/mol. The summed E-state index contributed by atoms with van der Waals surface area (Å²) in [6, 6.07) is 15.6. The van der Waals surface area contributed by atoms with E-state index in [1.54, 1.807) is 0 Å². The molecule has 1 unspecified atom stereocenters. The molecular weight excluding hydrogens is 274 g/mol. The summed E-state index contributed by atoms with van der Waals surface area (Å²) in [5.74, 6) is 0. The number of thiophene rings is 1. The van der Waals surface area contributed by atoms with Gasteiger partial charge in [0.1, 0.15) is 0 Å². The predicted octanol–water partition coefficient (Wildman–Crippen LogP) is 6.00. The molecule has 0 fully saturated rings. The second-order valence-corrected chi connectivity index (χ2v) is 6.84. The monoisotopic (exact) mass is 295 g/mol. The van der Waals surface area contributed by atoms with Gasteiger partial charge in [-0.15, -0.1) is 11.3 Å². The van der Waals surface area contributed by atoms with Gasteiger partial charge in [-0.25, -0.2) is 0 Å². The fraction of sp³-hybridized carbons (Fsp3) is 0.263. The number of benzene rings is 2. The summed E-state index contributed by atoms with van der Waals surface area (Å²) in [6.07, 6.45) is 0. The van der Waals surface area contributed by atoms with Crippen LogP contribution < -0.4 is 5.32 Å². The minimum atomic E-state index is 0.324.